The van der Waals surface area contributed by atoms with Crippen molar-refractivity contribution in [1.82, 2.24) is 4.90 Å². The highest BCUT2D eigenvalue weighted by molar-refractivity contribution is 5.72. The first kappa shape index (κ1) is 8.29. The van der Waals surface area contributed by atoms with Gasteiger partial charge in [0.1, 0.15) is 0 Å². The quantitative estimate of drug-likeness (QED) is 0.391. The Hall–Kier alpha value is -0.810. The molecule has 1 saturated heterocycles. The van der Waals surface area contributed by atoms with Crippen LogP contribution in [0.15, 0.2) is 0 Å². The summed E-state index contributed by atoms with van der Waals surface area (Å²) in [6.45, 7) is 0.431. The lowest BCUT2D eigenvalue weighted by Crippen LogP contribution is -2.51. The lowest BCUT2D eigenvalue weighted by Gasteiger charge is -2.34. The number of hydrogen-bond acceptors (Lipinski definition) is 3. The van der Waals surface area contributed by atoms with Crippen molar-refractivity contribution >= 4 is 6.03 Å². The number of hydrogen-bond donors (Lipinski definition) is 3. The molecule has 5 heteroatoms. The molecule has 11 heavy (non-hydrogen) atoms. The fourth-order valence-electron chi connectivity index (χ4n) is 1.20. The predicted octanol–water partition coefficient (Wildman–Crippen LogP) is -1.16. The lowest BCUT2D eigenvalue weighted by atomic mass is 10.1. The molecule has 1 aliphatic rings. The molecule has 64 valence electrons. The van der Waals surface area contributed by atoms with Crippen molar-refractivity contribution in [1.29, 1.82) is 0 Å². The lowest BCUT2D eigenvalue weighted by molar-refractivity contribution is -0.186. The minimum absolute atomic E-state index is 0.0810. The molecule has 0 atom stereocenters. The Labute approximate surface area is 64.4 Å². The van der Waals surface area contributed by atoms with Gasteiger partial charge in [-0.1, -0.05) is 0 Å². The zero-order chi connectivity index (χ0) is 8.48. The van der Waals surface area contributed by atoms with E-state index in [1.807, 2.05) is 0 Å². The van der Waals surface area contributed by atoms with Crippen LogP contribution in [0.4, 0.5) is 4.79 Å². The summed E-state index contributed by atoms with van der Waals surface area (Å²) in [6, 6.07) is -0.600. The smallest absolute Gasteiger partial charge is 0.314 e. The van der Waals surface area contributed by atoms with Crippen LogP contribution in [0.25, 0.3) is 0 Å². The van der Waals surface area contributed by atoms with E-state index in [4.69, 9.17) is 15.9 Å². The molecule has 0 bridgehead atoms. The molecule has 5 nitrogen and oxygen atoms in total. The van der Waals surface area contributed by atoms with Gasteiger partial charge in [0.2, 0.25) is 0 Å². The zero-order valence-corrected chi connectivity index (χ0v) is 6.16. The summed E-state index contributed by atoms with van der Waals surface area (Å²) in [4.78, 5) is 11.8. The summed E-state index contributed by atoms with van der Waals surface area (Å²) in [5.41, 5.74) is 4.95. The number of likely N-dealkylation sites (tertiary alicyclic amines) is 1. The fraction of sp³-hybridized carbons (Fsp3) is 0.833. The Kier molecular flexibility index (Phi) is 2.01. The number of urea groups is 1. The van der Waals surface area contributed by atoms with Gasteiger partial charge in [0.25, 0.3) is 0 Å². The van der Waals surface area contributed by atoms with E-state index >= 15 is 0 Å². The van der Waals surface area contributed by atoms with E-state index in [1.165, 1.54) is 4.90 Å². The highest BCUT2D eigenvalue weighted by Crippen LogP contribution is 2.17. The normalized spacial score (nSPS) is 23.3. The highest BCUT2D eigenvalue weighted by Gasteiger charge is 2.31. The number of rotatable bonds is 0. The maximum absolute atomic E-state index is 10.6. The first-order chi connectivity index (χ1) is 5.01. The molecule has 1 rings (SSSR count). The largest absolute Gasteiger partial charge is 0.364 e. The van der Waals surface area contributed by atoms with Crippen LogP contribution < -0.4 is 5.73 Å². The van der Waals surface area contributed by atoms with Crippen LogP contribution in [0.2, 0.25) is 0 Å². The van der Waals surface area contributed by atoms with Crippen molar-refractivity contribution in [3.05, 3.63) is 0 Å². The number of β-amino-alcohol motifs (C(OH)–C–C–N with tert-alkyl or cyclic N) is 2. The highest BCUT2D eigenvalue weighted by atomic mass is 16.5. The molecule has 0 aliphatic carbocycles. The number of primary amides is 1. The van der Waals surface area contributed by atoms with Crippen LogP contribution in [-0.2, 0) is 0 Å². The molecule has 0 aromatic carbocycles. The van der Waals surface area contributed by atoms with Gasteiger partial charge in [-0.3, -0.25) is 0 Å². The average Bonchev–Trinajstić information content (AvgIpc) is 1.85. The molecule has 4 N–H and O–H groups in total. The van der Waals surface area contributed by atoms with E-state index in [0.717, 1.165) is 0 Å². The number of nitrogens with zero attached hydrogens (tertiary/aromatic N) is 1. The van der Waals surface area contributed by atoms with Gasteiger partial charge < -0.3 is 20.8 Å². The van der Waals surface area contributed by atoms with Crippen LogP contribution in [0.1, 0.15) is 12.8 Å². The minimum atomic E-state index is -1.74. The predicted molar refractivity (Wildman–Crippen MR) is 37.6 cm³/mol. The molecule has 0 saturated carbocycles. The third-order valence-corrected chi connectivity index (χ3v) is 1.76. The molecule has 1 aliphatic heterocycles. The third kappa shape index (κ3) is 2.06. The van der Waals surface area contributed by atoms with Crippen molar-refractivity contribution in [2.45, 2.75) is 18.6 Å². The van der Waals surface area contributed by atoms with Gasteiger partial charge >= 0.3 is 6.03 Å². The summed E-state index contributed by atoms with van der Waals surface area (Å²) < 4.78 is 0. The van der Waals surface area contributed by atoms with Crippen molar-refractivity contribution < 1.29 is 15.0 Å². The van der Waals surface area contributed by atoms with E-state index in [9.17, 15) is 4.79 Å². The van der Waals surface area contributed by atoms with E-state index in [2.05, 4.69) is 0 Å². The zero-order valence-electron chi connectivity index (χ0n) is 6.16. The summed E-state index contributed by atoms with van der Waals surface area (Å²) in [5.74, 6) is -1.74. The number of carbonyl (C=O) groups excluding carboxylic acids is 1. The van der Waals surface area contributed by atoms with Crippen LogP contribution in [0, 0.1) is 0 Å². The van der Waals surface area contributed by atoms with Crippen LogP contribution in [0.3, 0.4) is 0 Å². The topological polar surface area (TPSA) is 86.8 Å². The Balaban J connectivity index is 2.53. The van der Waals surface area contributed by atoms with Crippen molar-refractivity contribution in [2.75, 3.05) is 13.1 Å². The second-order valence-corrected chi connectivity index (χ2v) is 2.85. The van der Waals surface area contributed by atoms with Gasteiger partial charge in [-0.15, -0.1) is 0 Å². The monoisotopic (exact) mass is 160 g/mol. The molecular weight excluding hydrogens is 148 g/mol. The summed E-state index contributed by atoms with van der Waals surface area (Å²) in [7, 11) is 0. The van der Waals surface area contributed by atoms with Crippen LogP contribution in [-0.4, -0.2) is 40.0 Å². The van der Waals surface area contributed by atoms with Crippen LogP contribution in [0.5, 0.6) is 0 Å². The number of piperidine rings is 1. The van der Waals surface area contributed by atoms with Gasteiger partial charge in [-0.25, -0.2) is 4.79 Å². The number of aliphatic hydroxyl groups is 2. The molecule has 1 fully saturated rings. The summed E-state index contributed by atoms with van der Waals surface area (Å²) in [6.07, 6.45) is 0.882. The van der Waals surface area contributed by atoms with Gasteiger partial charge in [0.15, 0.2) is 5.79 Å². The number of amides is 2. The molecule has 0 radical (unpaired) electrons. The Bertz CT molecular complexity index is 169. The first-order valence-corrected chi connectivity index (χ1v) is 3.50. The van der Waals surface area contributed by atoms with Gasteiger partial charge in [0, 0.05) is 13.0 Å². The third-order valence-electron chi connectivity index (χ3n) is 1.76. The van der Waals surface area contributed by atoms with Crippen LogP contribution >= 0.6 is 0 Å². The Morgan fingerprint density at radius 1 is 1.55 bits per heavy atom. The van der Waals surface area contributed by atoms with E-state index in [-0.39, 0.29) is 6.54 Å². The number of nitrogens with two attached hydrogens (primary N) is 1. The maximum atomic E-state index is 10.6. The Morgan fingerprint density at radius 2 is 2.18 bits per heavy atom. The molecule has 1 heterocycles. The first-order valence-electron chi connectivity index (χ1n) is 3.50. The molecule has 0 spiro atoms. The molecule has 2 amide bonds. The van der Waals surface area contributed by atoms with E-state index < -0.39 is 11.8 Å². The van der Waals surface area contributed by atoms with Gasteiger partial charge in [-0.2, -0.15) is 0 Å². The second kappa shape index (κ2) is 2.67. The number of carbonyl (C=O) groups is 1. The van der Waals surface area contributed by atoms with Gasteiger partial charge in [0.05, 0.1) is 6.54 Å². The standard InChI is InChI=1S/C6H12N2O3/c7-5(9)8-3-1-2-6(10,11)4-8/h10-11H,1-4H2,(H2,7,9). The Morgan fingerprint density at radius 3 is 2.55 bits per heavy atom. The van der Waals surface area contributed by atoms with E-state index in [0.29, 0.717) is 19.4 Å². The minimum Gasteiger partial charge on any atom is -0.364 e. The summed E-state index contributed by atoms with van der Waals surface area (Å²) >= 11 is 0. The average molecular weight is 160 g/mol. The second-order valence-electron chi connectivity index (χ2n) is 2.85. The van der Waals surface area contributed by atoms with Crippen molar-refractivity contribution in [3.63, 3.8) is 0 Å². The maximum Gasteiger partial charge on any atom is 0.314 e. The summed E-state index contributed by atoms with van der Waals surface area (Å²) in [5, 5.41) is 18.2. The molecule has 0 aromatic heterocycles. The van der Waals surface area contributed by atoms with E-state index in [1.54, 1.807) is 0 Å². The molecule has 0 unspecified atom stereocenters. The molecule has 0 aromatic rings. The van der Waals surface area contributed by atoms with Crippen molar-refractivity contribution in [3.8, 4) is 0 Å². The van der Waals surface area contributed by atoms with Gasteiger partial charge in [-0.05, 0) is 6.42 Å². The molecular formula is C6H12N2O3. The fourth-order valence-corrected chi connectivity index (χ4v) is 1.20. The van der Waals surface area contributed by atoms with Crippen molar-refractivity contribution in [2.24, 2.45) is 5.73 Å². The SMILES string of the molecule is NC(=O)N1CCCC(O)(O)C1.